The summed E-state index contributed by atoms with van der Waals surface area (Å²) < 4.78 is 0.904. The van der Waals surface area contributed by atoms with E-state index < -0.39 is 5.92 Å². The Morgan fingerprint density at radius 1 is 1.19 bits per heavy atom. The molecule has 1 aromatic carbocycles. The Hall–Kier alpha value is -1.95. The van der Waals surface area contributed by atoms with Crippen LogP contribution in [-0.2, 0) is 0 Å². The molecule has 1 heterocycles. The molecule has 0 aliphatic carbocycles. The van der Waals surface area contributed by atoms with Gasteiger partial charge in [0.1, 0.15) is 5.92 Å². The predicted octanol–water partition coefficient (Wildman–Crippen LogP) is 4.53. The van der Waals surface area contributed by atoms with E-state index in [0.29, 0.717) is 5.56 Å². The number of halogens is 1. The number of ketones is 1. The van der Waals surface area contributed by atoms with Gasteiger partial charge >= 0.3 is 0 Å². The molecule has 0 N–H and O–H groups in total. The van der Waals surface area contributed by atoms with Crippen LogP contribution in [0.2, 0.25) is 0 Å². The van der Waals surface area contributed by atoms with Crippen LogP contribution in [0.15, 0.2) is 46.3 Å². The maximum Gasteiger partial charge on any atom is 0.163 e. The van der Waals surface area contributed by atoms with Crippen molar-refractivity contribution in [1.29, 1.82) is 10.5 Å². The Labute approximate surface area is 135 Å². The van der Waals surface area contributed by atoms with Crippen molar-refractivity contribution in [3.63, 3.8) is 0 Å². The van der Waals surface area contributed by atoms with E-state index in [4.69, 9.17) is 10.5 Å². The van der Waals surface area contributed by atoms with Gasteiger partial charge in [-0.3, -0.25) is 4.79 Å². The minimum Gasteiger partial charge on any atom is -0.294 e. The third-order valence-electron chi connectivity index (χ3n) is 3.16. The van der Waals surface area contributed by atoms with Crippen LogP contribution in [0.3, 0.4) is 0 Å². The molecule has 1 aromatic heterocycles. The maximum absolute atomic E-state index is 12.4. The first-order valence-corrected chi connectivity index (χ1v) is 7.94. The average Bonchev–Trinajstić information content (AvgIpc) is 3.02. The summed E-state index contributed by atoms with van der Waals surface area (Å²) >= 11 is 4.79. The zero-order chi connectivity index (χ0) is 15.2. The molecule has 0 saturated carbocycles. The summed E-state index contributed by atoms with van der Waals surface area (Å²) in [6.45, 7) is 0. The van der Waals surface area contributed by atoms with Crippen LogP contribution < -0.4 is 0 Å². The van der Waals surface area contributed by atoms with Crippen LogP contribution in [0, 0.1) is 28.6 Å². The smallest absolute Gasteiger partial charge is 0.163 e. The topological polar surface area (TPSA) is 64.7 Å². The average molecular weight is 359 g/mol. The summed E-state index contributed by atoms with van der Waals surface area (Å²) in [4.78, 5) is 13.3. The highest BCUT2D eigenvalue weighted by Crippen LogP contribution is 2.32. The van der Waals surface area contributed by atoms with Crippen molar-refractivity contribution in [3.8, 4) is 12.1 Å². The largest absolute Gasteiger partial charge is 0.294 e. The van der Waals surface area contributed by atoms with Crippen molar-refractivity contribution in [2.75, 3.05) is 0 Å². The van der Waals surface area contributed by atoms with Crippen LogP contribution in [0.1, 0.15) is 27.6 Å². The standard InChI is InChI=1S/C16H11BrN2OS/c17-13-5-3-11(4-6-13)15(20)8-14(12(9-18)10-19)16-2-1-7-21-16/h1-7,12,14H,8H2/t14-/m0/s1. The SMILES string of the molecule is N#CC(C#N)[C@H](CC(=O)c1ccc(Br)cc1)c1cccs1. The third-order valence-corrected chi connectivity index (χ3v) is 4.69. The summed E-state index contributed by atoms with van der Waals surface area (Å²) in [5, 5.41) is 20.1. The molecule has 0 unspecified atom stereocenters. The molecule has 0 spiro atoms. The van der Waals surface area contributed by atoms with E-state index in [1.54, 1.807) is 24.3 Å². The Morgan fingerprint density at radius 2 is 1.86 bits per heavy atom. The van der Waals surface area contributed by atoms with Crippen LogP contribution in [0.5, 0.6) is 0 Å². The predicted molar refractivity (Wildman–Crippen MR) is 84.9 cm³/mol. The van der Waals surface area contributed by atoms with Gasteiger partial charge in [0, 0.05) is 27.3 Å². The number of benzene rings is 1. The fourth-order valence-corrected chi connectivity index (χ4v) is 3.18. The molecule has 0 saturated heterocycles. The second-order valence-corrected chi connectivity index (χ2v) is 6.39. The van der Waals surface area contributed by atoms with E-state index in [1.165, 1.54) is 11.3 Å². The van der Waals surface area contributed by atoms with Gasteiger partial charge in [-0.2, -0.15) is 10.5 Å². The minimum absolute atomic E-state index is 0.0589. The second kappa shape index (κ2) is 7.17. The first-order chi connectivity index (χ1) is 10.2. The van der Waals surface area contributed by atoms with Crippen molar-refractivity contribution in [2.24, 2.45) is 5.92 Å². The molecule has 0 aliphatic rings. The highest BCUT2D eigenvalue weighted by atomic mass is 79.9. The fraction of sp³-hybridized carbons (Fsp3) is 0.188. The zero-order valence-electron chi connectivity index (χ0n) is 11.0. The number of carbonyl (C=O) groups excluding carboxylic acids is 1. The van der Waals surface area contributed by atoms with Gasteiger partial charge < -0.3 is 0 Å². The van der Waals surface area contributed by atoms with Crippen LogP contribution in [-0.4, -0.2) is 5.78 Å². The lowest BCUT2D eigenvalue weighted by Crippen LogP contribution is -2.14. The lowest BCUT2D eigenvalue weighted by molar-refractivity contribution is 0.0971. The van der Waals surface area contributed by atoms with Gasteiger partial charge in [0.15, 0.2) is 5.78 Å². The van der Waals surface area contributed by atoms with Crippen molar-refractivity contribution in [1.82, 2.24) is 0 Å². The molecule has 3 nitrogen and oxygen atoms in total. The van der Waals surface area contributed by atoms with E-state index in [2.05, 4.69) is 15.9 Å². The van der Waals surface area contributed by atoms with Gasteiger partial charge in [-0.25, -0.2) is 0 Å². The molecule has 0 fully saturated rings. The number of nitriles is 2. The molecule has 21 heavy (non-hydrogen) atoms. The Kier molecular flexibility index (Phi) is 5.27. The van der Waals surface area contributed by atoms with Crippen molar-refractivity contribution in [2.45, 2.75) is 12.3 Å². The van der Waals surface area contributed by atoms with Gasteiger partial charge in [-0.05, 0) is 23.6 Å². The molecule has 2 aromatic rings. The van der Waals surface area contributed by atoms with Gasteiger partial charge in [-0.15, -0.1) is 11.3 Å². The summed E-state index contributed by atoms with van der Waals surface area (Å²) in [7, 11) is 0. The van der Waals surface area contributed by atoms with Crippen LogP contribution in [0.4, 0.5) is 0 Å². The highest BCUT2D eigenvalue weighted by Gasteiger charge is 2.27. The quantitative estimate of drug-likeness (QED) is 0.737. The van der Waals surface area contributed by atoms with Gasteiger partial charge in [0.05, 0.1) is 12.1 Å². The van der Waals surface area contributed by atoms with Crippen molar-refractivity contribution < 1.29 is 4.79 Å². The first-order valence-electron chi connectivity index (χ1n) is 6.27. The summed E-state index contributed by atoms with van der Waals surface area (Å²) in [6.07, 6.45) is 0.161. The van der Waals surface area contributed by atoms with Crippen LogP contribution in [0.25, 0.3) is 0 Å². The molecule has 104 valence electrons. The van der Waals surface area contributed by atoms with Crippen molar-refractivity contribution >= 4 is 33.0 Å². The maximum atomic E-state index is 12.4. The summed E-state index contributed by atoms with van der Waals surface area (Å²) in [6, 6.07) is 14.8. The Morgan fingerprint density at radius 3 is 2.38 bits per heavy atom. The molecule has 0 amide bonds. The number of hydrogen-bond donors (Lipinski definition) is 0. The first kappa shape index (κ1) is 15.4. The monoisotopic (exact) mass is 358 g/mol. The lowest BCUT2D eigenvalue weighted by atomic mass is 9.87. The number of Topliss-reactive ketones (excluding diaryl/α,β-unsaturated/α-hetero) is 1. The third kappa shape index (κ3) is 3.78. The molecule has 0 bridgehead atoms. The van der Waals surface area contributed by atoms with Crippen molar-refractivity contribution in [3.05, 3.63) is 56.7 Å². The van der Waals surface area contributed by atoms with E-state index in [9.17, 15) is 4.79 Å². The van der Waals surface area contributed by atoms with Gasteiger partial charge in [0.2, 0.25) is 0 Å². The summed E-state index contributed by atoms with van der Waals surface area (Å²) in [5.74, 6) is -1.25. The molecular formula is C16H11BrN2OS. The van der Waals surface area contributed by atoms with Gasteiger partial charge in [-0.1, -0.05) is 34.1 Å². The molecular weight excluding hydrogens is 348 g/mol. The van der Waals surface area contributed by atoms with Crippen LogP contribution >= 0.6 is 27.3 Å². The van der Waals surface area contributed by atoms with E-state index >= 15 is 0 Å². The molecule has 5 heteroatoms. The number of hydrogen-bond acceptors (Lipinski definition) is 4. The number of rotatable bonds is 5. The highest BCUT2D eigenvalue weighted by molar-refractivity contribution is 9.10. The van der Waals surface area contributed by atoms with E-state index in [-0.39, 0.29) is 18.1 Å². The zero-order valence-corrected chi connectivity index (χ0v) is 13.4. The normalized spacial score (nSPS) is 11.6. The summed E-state index contributed by atoms with van der Waals surface area (Å²) in [5.41, 5.74) is 0.592. The Balaban J connectivity index is 2.24. The minimum atomic E-state index is -0.817. The van der Waals surface area contributed by atoms with E-state index in [0.717, 1.165) is 9.35 Å². The lowest BCUT2D eigenvalue weighted by Gasteiger charge is -2.15. The fourth-order valence-electron chi connectivity index (χ4n) is 2.05. The molecule has 0 aliphatic heterocycles. The molecule has 0 radical (unpaired) electrons. The van der Waals surface area contributed by atoms with Gasteiger partial charge in [0.25, 0.3) is 0 Å². The number of thiophene rings is 1. The molecule has 2 rings (SSSR count). The van der Waals surface area contributed by atoms with E-state index in [1.807, 2.05) is 29.7 Å². The Bertz CT molecular complexity index is 681. The number of carbonyl (C=O) groups is 1. The number of nitrogens with zero attached hydrogens (tertiary/aromatic N) is 2. The second-order valence-electron chi connectivity index (χ2n) is 4.49. The molecule has 1 atom stereocenters.